The summed E-state index contributed by atoms with van der Waals surface area (Å²) in [6.45, 7) is 2.87. The Kier molecular flexibility index (Phi) is 6.56. The van der Waals surface area contributed by atoms with Gasteiger partial charge in [0, 0.05) is 25.8 Å². The monoisotopic (exact) mass is 421 g/mol. The fourth-order valence-electron chi connectivity index (χ4n) is 3.17. The lowest BCUT2D eigenvalue weighted by Gasteiger charge is -2.11. The lowest BCUT2D eigenvalue weighted by Crippen LogP contribution is -2.21. The molecule has 30 heavy (non-hydrogen) atoms. The molecule has 1 aliphatic heterocycles. The van der Waals surface area contributed by atoms with E-state index in [0.29, 0.717) is 0 Å². The Hall–Kier alpha value is -3.14. The number of hydrogen-bond donors (Lipinski definition) is 3. The number of aryl methyl sites for hydroxylation is 2. The normalized spacial score (nSPS) is 13.7. The first-order valence-electron chi connectivity index (χ1n) is 9.39. The van der Waals surface area contributed by atoms with E-state index in [9.17, 15) is 13.2 Å². The van der Waals surface area contributed by atoms with Crippen molar-refractivity contribution >= 4 is 22.7 Å². The summed E-state index contributed by atoms with van der Waals surface area (Å²) < 4.78 is 33.5. The number of nitrogens with one attached hydrogen (secondary N) is 2. The second-order valence-corrected chi connectivity index (χ2v) is 6.96. The van der Waals surface area contributed by atoms with Crippen LogP contribution in [0, 0.1) is 0 Å². The van der Waals surface area contributed by atoms with Crippen LogP contribution >= 0.6 is 0 Å². The lowest BCUT2D eigenvalue weighted by atomic mass is 10.0. The zero-order valence-corrected chi connectivity index (χ0v) is 16.3. The van der Waals surface area contributed by atoms with Crippen molar-refractivity contribution in [1.82, 2.24) is 20.3 Å². The Balaban J connectivity index is 0.000000318. The summed E-state index contributed by atoms with van der Waals surface area (Å²) in [5.41, 5.74) is 7.28. The maximum absolute atomic E-state index is 10.6. The molecule has 1 aliphatic rings. The summed E-state index contributed by atoms with van der Waals surface area (Å²) in [5, 5.41) is 22.4. The lowest BCUT2D eigenvalue weighted by molar-refractivity contribution is -0.192. The van der Waals surface area contributed by atoms with Crippen molar-refractivity contribution in [2.75, 3.05) is 11.9 Å². The number of alkyl halides is 3. The summed E-state index contributed by atoms with van der Waals surface area (Å²) in [6, 6.07) is 13.0. The summed E-state index contributed by atoms with van der Waals surface area (Å²) in [5.74, 6) is -2.76. The Morgan fingerprint density at radius 2 is 2.00 bits per heavy atom. The minimum absolute atomic E-state index is 0.790. The Morgan fingerprint density at radius 1 is 1.23 bits per heavy atom. The van der Waals surface area contributed by atoms with E-state index in [2.05, 4.69) is 57.3 Å². The van der Waals surface area contributed by atoms with Crippen LogP contribution < -0.4 is 10.6 Å². The molecule has 0 unspecified atom stereocenters. The van der Waals surface area contributed by atoms with Gasteiger partial charge in [0.25, 0.3) is 0 Å². The van der Waals surface area contributed by atoms with Crippen LogP contribution in [-0.2, 0) is 31.4 Å². The zero-order valence-electron chi connectivity index (χ0n) is 16.3. The molecule has 0 spiro atoms. The molecule has 1 aromatic heterocycles. The molecule has 3 aromatic rings. The van der Waals surface area contributed by atoms with Gasteiger partial charge in [-0.15, -0.1) is 5.10 Å². The van der Waals surface area contributed by atoms with Crippen LogP contribution in [0.15, 0.2) is 36.4 Å². The molecule has 0 saturated carbocycles. The summed E-state index contributed by atoms with van der Waals surface area (Å²) >= 11 is 0. The summed E-state index contributed by atoms with van der Waals surface area (Å²) in [6.07, 6.45) is -2.69. The Morgan fingerprint density at radius 3 is 2.73 bits per heavy atom. The van der Waals surface area contributed by atoms with Crippen molar-refractivity contribution in [3.05, 3.63) is 53.1 Å². The molecule has 0 saturated heterocycles. The van der Waals surface area contributed by atoms with Crippen molar-refractivity contribution in [3.8, 4) is 0 Å². The van der Waals surface area contributed by atoms with Crippen molar-refractivity contribution < 1.29 is 23.1 Å². The van der Waals surface area contributed by atoms with Gasteiger partial charge in [0.05, 0.1) is 5.52 Å². The molecule has 0 radical (unpaired) electrons. The van der Waals surface area contributed by atoms with Gasteiger partial charge in [-0.2, -0.15) is 13.2 Å². The predicted octanol–water partition coefficient (Wildman–Crippen LogP) is 3.25. The first-order valence-corrected chi connectivity index (χ1v) is 9.39. The van der Waals surface area contributed by atoms with Gasteiger partial charge in [0.2, 0.25) is 0 Å². The highest BCUT2D eigenvalue weighted by atomic mass is 19.4. The fraction of sp³-hybridized carbons (Fsp3) is 0.350. The van der Waals surface area contributed by atoms with Crippen molar-refractivity contribution in [2.45, 2.75) is 32.1 Å². The SMILES string of the molecule is Cn1nnc2cc(CNc3ccc4c(c3)CNCCC4)ccc21.O=C(O)C(F)(F)F. The zero-order chi connectivity index (χ0) is 21.7. The molecular weight excluding hydrogens is 399 g/mol. The molecule has 0 amide bonds. The third kappa shape index (κ3) is 5.47. The topological polar surface area (TPSA) is 92.1 Å². The van der Waals surface area contributed by atoms with Crippen molar-refractivity contribution in [1.29, 1.82) is 0 Å². The van der Waals surface area contributed by atoms with Gasteiger partial charge in [-0.25, -0.2) is 9.48 Å². The van der Waals surface area contributed by atoms with Gasteiger partial charge in [-0.3, -0.25) is 0 Å². The smallest absolute Gasteiger partial charge is 0.475 e. The number of halogens is 3. The fourth-order valence-corrected chi connectivity index (χ4v) is 3.17. The van der Waals surface area contributed by atoms with Crippen LogP contribution in [0.2, 0.25) is 0 Å². The second-order valence-electron chi connectivity index (χ2n) is 6.96. The van der Waals surface area contributed by atoms with Crippen LogP contribution in [0.5, 0.6) is 0 Å². The largest absolute Gasteiger partial charge is 0.490 e. The number of benzene rings is 2. The molecular formula is C20H22F3N5O2. The summed E-state index contributed by atoms with van der Waals surface area (Å²) in [7, 11) is 1.91. The van der Waals surface area contributed by atoms with Crippen molar-refractivity contribution in [3.63, 3.8) is 0 Å². The van der Waals surface area contributed by atoms with Gasteiger partial charge in [-0.05, 0) is 60.3 Å². The molecule has 0 atom stereocenters. The molecule has 4 rings (SSSR count). The van der Waals surface area contributed by atoms with E-state index in [1.54, 1.807) is 4.68 Å². The third-order valence-electron chi connectivity index (χ3n) is 4.74. The number of fused-ring (bicyclic) bond motifs is 2. The standard InChI is InChI=1S/C18H21N5.C2HF3O2/c1-23-18-7-4-13(9-17(18)21-22-23)11-20-16-6-5-14-3-2-8-19-12-15(14)10-16;3-2(4,5)1(6)7/h4-7,9-10,19-20H,2-3,8,11-12H2,1H3;(H,6,7). The van der Waals surface area contributed by atoms with E-state index in [4.69, 9.17) is 9.90 Å². The van der Waals surface area contributed by atoms with Crippen LogP contribution in [0.1, 0.15) is 23.1 Å². The second kappa shape index (κ2) is 9.12. The van der Waals surface area contributed by atoms with E-state index in [1.165, 1.54) is 35.2 Å². The van der Waals surface area contributed by atoms with Crippen LogP contribution in [0.3, 0.4) is 0 Å². The van der Waals surface area contributed by atoms with E-state index >= 15 is 0 Å². The maximum atomic E-state index is 10.6. The van der Waals surface area contributed by atoms with Gasteiger partial charge >= 0.3 is 12.1 Å². The number of anilines is 1. The molecule has 10 heteroatoms. The number of aromatic nitrogens is 3. The average molecular weight is 421 g/mol. The van der Waals surface area contributed by atoms with Gasteiger partial charge in [-0.1, -0.05) is 17.3 Å². The molecule has 2 heterocycles. The van der Waals surface area contributed by atoms with Gasteiger partial charge in [0.15, 0.2) is 0 Å². The first kappa shape index (κ1) is 21.6. The molecule has 0 bridgehead atoms. The Bertz CT molecular complexity index is 1030. The summed E-state index contributed by atoms with van der Waals surface area (Å²) in [4.78, 5) is 8.90. The van der Waals surface area contributed by atoms with E-state index in [1.807, 2.05) is 7.05 Å². The maximum Gasteiger partial charge on any atom is 0.490 e. The Labute approximate surface area is 170 Å². The van der Waals surface area contributed by atoms with E-state index in [-0.39, 0.29) is 0 Å². The number of carbonyl (C=O) groups is 1. The number of aliphatic carboxylic acids is 1. The number of rotatable bonds is 3. The molecule has 0 fully saturated rings. The van der Waals surface area contributed by atoms with Gasteiger partial charge in [0.1, 0.15) is 5.52 Å². The van der Waals surface area contributed by atoms with Crippen LogP contribution in [0.25, 0.3) is 11.0 Å². The minimum atomic E-state index is -5.08. The molecule has 3 N–H and O–H groups in total. The van der Waals surface area contributed by atoms with E-state index < -0.39 is 12.1 Å². The highest BCUT2D eigenvalue weighted by Crippen LogP contribution is 2.20. The highest BCUT2D eigenvalue weighted by molar-refractivity contribution is 5.75. The van der Waals surface area contributed by atoms with Crippen LogP contribution in [0.4, 0.5) is 18.9 Å². The number of carboxylic acids is 1. The predicted molar refractivity (Wildman–Crippen MR) is 106 cm³/mol. The first-order chi connectivity index (χ1) is 14.2. The number of nitrogens with zero attached hydrogens (tertiary/aromatic N) is 3. The van der Waals surface area contributed by atoms with Crippen molar-refractivity contribution in [2.24, 2.45) is 7.05 Å². The number of hydrogen-bond acceptors (Lipinski definition) is 5. The highest BCUT2D eigenvalue weighted by Gasteiger charge is 2.38. The molecule has 2 aromatic carbocycles. The molecule has 0 aliphatic carbocycles. The third-order valence-corrected chi connectivity index (χ3v) is 4.74. The molecule has 160 valence electrons. The van der Waals surface area contributed by atoms with Gasteiger partial charge < -0.3 is 15.7 Å². The number of carboxylic acid groups (broad SMARTS) is 1. The molecule has 7 nitrogen and oxygen atoms in total. The van der Waals surface area contributed by atoms with Crippen LogP contribution in [-0.4, -0.2) is 38.8 Å². The van der Waals surface area contributed by atoms with E-state index in [0.717, 1.165) is 30.7 Å². The average Bonchev–Trinajstić information content (AvgIpc) is 2.92. The minimum Gasteiger partial charge on any atom is -0.475 e. The quantitative estimate of drug-likeness (QED) is 0.601.